The Morgan fingerprint density at radius 1 is 1.12 bits per heavy atom. The van der Waals surface area contributed by atoms with E-state index in [4.69, 9.17) is 21.1 Å². The quantitative estimate of drug-likeness (QED) is 0.330. The van der Waals surface area contributed by atoms with Crippen molar-refractivity contribution in [3.05, 3.63) is 63.9 Å². The van der Waals surface area contributed by atoms with Crippen molar-refractivity contribution in [3.63, 3.8) is 0 Å². The van der Waals surface area contributed by atoms with Gasteiger partial charge in [0, 0.05) is 45.3 Å². The van der Waals surface area contributed by atoms with Crippen LogP contribution in [0, 0.1) is 0 Å². The van der Waals surface area contributed by atoms with E-state index in [0.29, 0.717) is 30.0 Å². The van der Waals surface area contributed by atoms with Crippen LogP contribution < -0.4 is 20.5 Å². The van der Waals surface area contributed by atoms with Crippen LogP contribution in [-0.2, 0) is 25.0 Å². The fraction of sp³-hybridized carbons (Fsp3) is 0.280. The maximum absolute atomic E-state index is 13.3. The predicted molar refractivity (Wildman–Crippen MR) is 142 cm³/mol. The van der Waals surface area contributed by atoms with E-state index in [0.717, 1.165) is 35.6 Å². The Hall–Kier alpha value is -4.30. The van der Waals surface area contributed by atoms with Crippen molar-refractivity contribution in [1.29, 1.82) is 0 Å². The van der Waals surface area contributed by atoms with Gasteiger partial charge in [0.15, 0.2) is 17.1 Å². The molecule has 11 nitrogen and oxygen atoms in total. The van der Waals surface area contributed by atoms with Crippen LogP contribution in [0.3, 0.4) is 0 Å². The number of alkyl halides is 3. The molecule has 0 bridgehead atoms. The molecule has 1 N–H and O–H groups in total. The SMILES string of the molecule is Cn1cc(C(F)(F)F)cc(Nc2nc3ncc(Oc4cnn5ccc(N6CCOCC6)cc45)c(Cl)c3n2C)c1=O. The lowest BCUT2D eigenvalue weighted by Gasteiger charge is -2.28. The Kier molecular flexibility index (Phi) is 6.30. The summed E-state index contributed by atoms with van der Waals surface area (Å²) in [6.45, 7) is 2.85. The normalized spacial score (nSPS) is 14.3. The number of aryl methyl sites for hydroxylation is 2. The molecule has 0 amide bonds. The lowest BCUT2D eigenvalue weighted by atomic mass is 10.2. The van der Waals surface area contributed by atoms with Gasteiger partial charge in [0.25, 0.3) is 5.56 Å². The van der Waals surface area contributed by atoms with Gasteiger partial charge in [0.1, 0.15) is 21.7 Å². The molecule has 15 heteroatoms. The lowest BCUT2D eigenvalue weighted by Crippen LogP contribution is -2.36. The van der Waals surface area contributed by atoms with Crippen molar-refractivity contribution in [2.45, 2.75) is 6.18 Å². The molecule has 0 unspecified atom stereocenters. The summed E-state index contributed by atoms with van der Waals surface area (Å²) >= 11 is 6.71. The van der Waals surface area contributed by atoms with Crippen molar-refractivity contribution in [2.75, 3.05) is 36.5 Å². The summed E-state index contributed by atoms with van der Waals surface area (Å²) in [7, 11) is 2.83. The molecule has 1 saturated heterocycles. The zero-order valence-electron chi connectivity index (χ0n) is 21.2. The molecule has 0 aliphatic carbocycles. The number of imidazole rings is 1. The molecule has 1 aliphatic rings. The van der Waals surface area contributed by atoms with E-state index in [-0.39, 0.29) is 28.1 Å². The first-order valence-electron chi connectivity index (χ1n) is 12.1. The van der Waals surface area contributed by atoms with Crippen LogP contribution in [0.5, 0.6) is 11.5 Å². The Balaban J connectivity index is 1.33. The van der Waals surface area contributed by atoms with Crippen LogP contribution in [0.2, 0.25) is 5.02 Å². The number of ether oxygens (including phenoxy) is 2. The molecule has 208 valence electrons. The molecule has 6 rings (SSSR count). The molecule has 5 aromatic heterocycles. The summed E-state index contributed by atoms with van der Waals surface area (Å²) in [4.78, 5) is 23.4. The maximum atomic E-state index is 13.3. The van der Waals surface area contributed by atoms with E-state index in [2.05, 4.69) is 25.3 Å². The third-order valence-corrected chi connectivity index (χ3v) is 6.99. The highest BCUT2D eigenvalue weighted by Crippen LogP contribution is 2.37. The highest BCUT2D eigenvalue weighted by atomic mass is 35.5. The lowest BCUT2D eigenvalue weighted by molar-refractivity contribution is -0.138. The van der Waals surface area contributed by atoms with Gasteiger partial charge in [-0.1, -0.05) is 11.6 Å². The average Bonchev–Trinajstić information content (AvgIpc) is 3.48. The minimum absolute atomic E-state index is 0.0733. The van der Waals surface area contributed by atoms with Gasteiger partial charge in [-0.2, -0.15) is 23.3 Å². The van der Waals surface area contributed by atoms with Crippen LogP contribution in [0.4, 0.5) is 30.5 Å². The predicted octanol–water partition coefficient (Wildman–Crippen LogP) is 4.36. The molecule has 5 aromatic rings. The first-order valence-corrected chi connectivity index (χ1v) is 12.5. The molecule has 0 radical (unpaired) electrons. The summed E-state index contributed by atoms with van der Waals surface area (Å²) < 4.78 is 55.5. The summed E-state index contributed by atoms with van der Waals surface area (Å²) in [6.07, 6.45) is 0.910. The van der Waals surface area contributed by atoms with E-state index in [9.17, 15) is 18.0 Å². The maximum Gasteiger partial charge on any atom is 0.417 e. The molecule has 1 fully saturated rings. The largest absolute Gasteiger partial charge is 0.450 e. The van der Waals surface area contributed by atoms with Crippen LogP contribution in [0.25, 0.3) is 16.7 Å². The minimum Gasteiger partial charge on any atom is -0.450 e. The second kappa shape index (κ2) is 9.71. The van der Waals surface area contributed by atoms with Gasteiger partial charge in [-0.15, -0.1) is 0 Å². The fourth-order valence-electron chi connectivity index (χ4n) is 4.53. The van der Waals surface area contributed by atoms with Crippen LogP contribution in [0.1, 0.15) is 5.56 Å². The number of nitrogens with zero attached hydrogens (tertiary/aromatic N) is 7. The molecular formula is C25H22ClF3N8O3. The van der Waals surface area contributed by atoms with E-state index in [1.807, 2.05) is 18.3 Å². The Morgan fingerprint density at radius 2 is 1.90 bits per heavy atom. The van der Waals surface area contributed by atoms with Gasteiger partial charge in [0.2, 0.25) is 5.95 Å². The smallest absolute Gasteiger partial charge is 0.417 e. The highest BCUT2D eigenvalue weighted by molar-refractivity contribution is 6.36. The van der Waals surface area contributed by atoms with E-state index >= 15 is 0 Å². The van der Waals surface area contributed by atoms with Gasteiger partial charge in [-0.05, 0) is 18.2 Å². The van der Waals surface area contributed by atoms with Gasteiger partial charge in [-0.3, -0.25) is 4.79 Å². The molecule has 0 atom stereocenters. The van der Waals surface area contributed by atoms with Crippen molar-refractivity contribution in [3.8, 4) is 11.5 Å². The first-order chi connectivity index (χ1) is 19.1. The number of rotatable bonds is 5. The number of nitrogens with one attached hydrogen (secondary N) is 1. The number of anilines is 3. The van der Waals surface area contributed by atoms with Gasteiger partial charge >= 0.3 is 6.18 Å². The Morgan fingerprint density at radius 3 is 2.65 bits per heavy atom. The molecule has 1 aliphatic heterocycles. The monoisotopic (exact) mass is 574 g/mol. The molecule has 0 saturated carbocycles. The van der Waals surface area contributed by atoms with E-state index in [1.54, 1.807) is 17.8 Å². The molecule has 0 aromatic carbocycles. The van der Waals surface area contributed by atoms with Gasteiger partial charge in [0.05, 0.1) is 31.2 Å². The topological polar surface area (TPSA) is 104 Å². The van der Waals surface area contributed by atoms with Crippen LogP contribution in [0.15, 0.2) is 47.8 Å². The van der Waals surface area contributed by atoms with E-state index in [1.165, 1.54) is 17.8 Å². The number of morpholine rings is 1. The van der Waals surface area contributed by atoms with Crippen molar-refractivity contribution >= 4 is 45.6 Å². The average molecular weight is 575 g/mol. The highest BCUT2D eigenvalue weighted by Gasteiger charge is 2.32. The molecule has 0 spiro atoms. The molecular weight excluding hydrogens is 553 g/mol. The molecule has 40 heavy (non-hydrogen) atoms. The number of aromatic nitrogens is 6. The van der Waals surface area contributed by atoms with Crippen molar-refractivity contribution in [1.82, 2.24) is 28.7 Å². The number of pyridine rings is 3. The third-order valence-electron chi connectivity index (χ3n) is 6.63. The number of hydrogen-bond acceptors (Lipinski definition) is 8. The molecule has 6 heterocycles. The third kappa shape index (κ3) is 4.58. The summed E-state index contributed by atoms with van der Waals surface area (Å²) in [5.41, 5.74) is 0.347. The summed E-state index contributed by atoms with van der Waals surface area (Å²) in [5.74, 6) is 0.751. The first kappa shape index (κ1) is 26.0. The summed E-state index contributed by atoms with van der Waals surface area (Å²) in [6, 6.07) is 4.67. The minimum atomic E-state index is -4.63. The zero-order chi connectivity index (χ0) is 28.2. The zero-order valence-corrected chi connectivity index (χ0v) is 22.0. The van der Waals surface area contributed by atoms with Crippen LogP contribution in [-0.4, -0.2) is 55.0 Å². The van der Waals surface area contributed by atoms with Gasteiger partial charge < -0.3 is 28.8 Å². The number of fused-ring (bicyclic) bond motifs is 2. The number of hydrogen-bond donors (Lipinski definition) is 1. The Bertz CT molecular complexity index is 1810. The Labute approximate surface area is 229 Å². The van der Waals surface area contributed by atoms with Crippen molar-refractivity contribution in [2.24, 2.45) is 14.1 Å². The van der Waals surface area contributed by atoms with Crippen molar-refractivity contribution < 1.29 is 22.6 Å². The number of halogens is 4. The second-order valence-electron chi connectivity index (χ2n) is 9.21. The summed E-state index contributed by atoms with van der Waals surface area (Å²) in [5, 5.41) is 7.21. The van der Waals surface area contributed by atoms with Gasteiger partial charge in [-0.25, -0.2) is 9.50 Å². The standard InChI is InChI=1S/C25H22ClF3N8O3/c1-34-13-14(25(27,28)29)9-16(23(34)38)32-24-33-22-21(35(24)2)20(26)19(11-30-22)40-18-12-31-37-4-3-15(10-17(18)37)36-5-7-39-8-6-36/h3-4,9-13H,5-8H2,1-2H3,(H,30,32,33). The second-order valence-corrected chi connectivity index (χ2v) is 9.59. The fourth-order valence-corrected chi connectivity index (χ4v) is 4.83. The van der Waals surface area contributed by atoms with E-state index < -0.39 is 17.3 Å². The van der Waals surface area contributed by atoms with Crippen LogP contribution >= 0.6 is 11.6 Å².